The lowest BCUT2D eigenvalue weighted by molar-refractivity contribution is 0.0953. The van der Waals surface area contributed by atoms with Crippen LogP contribution in [0.4, 0.5) is 4.39 Å². The summed E-state index contributed by atoms with van der Waals surface area (Å²) in [4.78, 5) is 11.4. The summed E-state index contributed by atoms with van der Waals surface area (Å²) in [5, 5.41) is 0. The van der Waals surface area contributed by atoms with Crippen molar-refractivity contribution < 1.29 is 13.9 Å². The van der Waals surface area contributed by atoms with Gasteiger partial charge in [0.1, 0.15) is 18.2 Å². The van der Waals surface area contributed by atoms with Crippen LogP contribution in [0.3, 0.4) is 0 Å². The highest BCUT2D eigenvalue weighted by molar-refractivity contribution is 14.1. The molecule has 104 valence electrons. The summed E-state index contributed by atoms with van der Waals surface area (Å²) in [6.07, 6.45) is 0. The molecule has 0 aliphatic carbocycles. The molecule has 0 bridgehead atoms. The third kappa shape index (κ3) is 3.67. The van der Waals surface area contributed by atoms with E-state index in [1.165, 1.54) is 18.2 Å². The van der Waals surface area contributed by atoms with Crippen LogP contribution in [0.25, 0.3) is 0 Å². The molecule has 0 radical (unpaired) electrons. The fourth-order valence-corrected chi connectivity index (χ4v) is 1.96. The Morgan fingerprint density at radius 2 is 1.95 bits per heavy atom. The molecule has 4 nitrogen and oxygen atoms in total. The van der Waals surface area contributed by atoms with Gasteiger partial charge in [0.05, 0.1) is 0 Å². The van der Waals surface area contributed by atoms with E-state index in [9.17, 15) is 9.18 Å². The number of amides is 1. The molecule has 20 heavy (non-hydrogen) atoms. The Morgan fingerprint density at radius 1 is 1.25 bits per heavy atom. The van der Waals surface area contributed by atoms with Crippen LogP contribution in [0.15, 0.2) is 42.5 Å². The second kappa shape index (κ2) is 6.67. The zero-order valence-electron chi connectivity index (χ0n) is 10.4. The summed E-state index contributed by atoms with van der Waals surface area (Å²) < 4.78 is 20.2. The minimum Gasteiger partial charge on any atom is -0.489 e. The first-order chi connectivity index (χ1) is 9.60. The van der Waals surface area contributed by atoms with Gasteiger partial charge in [0.2, 0.25) is 0 Å². The van der Waals surface area contributed by atoms with Gasteiger partial charge in [-0.25, -0.2) is 10.2 Å². The molecule has 2 aromatic carbocycles. The number of nitrogens with one attached hydrogen (secondary N) is 1. The van der Waals surface area contributed by atoms with Gasteiger partial charge in [-0.15, -0.1) is 0 Å². The first-order valence-corrected chi connectivity index (χ1v) is 6.86. The Kier molecular flexibility index (Phi) is 4.91. The Balaban J connectivity index is 2.12. The second-order valence-electron chi connectivity index (χ2n) is 4.02. The van der Waals surface area contributed by atoms with Crippen LogP contribution in [0.1, 0.15) is 15.9 Å². The molecular formula is C14H12FIN2O2. The van der Waals surface area contributed by atoms with Gasteiger partial charge in [0.25, 0.3) is 5.91 Å². The lowest BCUT2D eigenvalue weighted by atomic mass is 10.1. The van der Waals surface area contributed by atoms with E-state index >= 15 is 0 Å². The van der Waals surface area contributed by atoms with Gasteiger partial charge < -0.3 is 4.74 Å². The van der Waals surface area contributed by atoms with E-state index < -0.39 is 11.7 Å². The fraction of sp³-hybridized carbons (Fsp3) is 0.0714. The number of nitrogen functional groups attached to an aromatic ring is 1. The Labute approximate surface area is 129 Å². The molecule has 0 spiro atoms. The molecular weight excluding hydrogens is 374 g/mol. The van der Waals surface area contributed by atoms with Gasteiger partial charge in [-0.3, -0.25) is 10.2 Å². The zero-order chi connectivity index (χ0) is 14.5. The molecule has 0 atom stereocenters. The number of carbonyl (C=O) groups excluding carboxylic acids is 1. The number of benzene rings is 2. The fourth-order valence-electron chi connectivity index (χ4n) is 1.60. The molecule has 3 N–H and O–H groups in total. The molecule has 2 aromatic rings. The van der Waals surface area contributed by atoms with Crippen molar-refractivity contribution in [3.63, 3.8) is 0 Å². The average Bonchev–Trinajstić information content (AvgIpc) is 2.47. The maximum Gasteiger partial charge on any atom is 0.265 e. The number of hydrazine groups is 1. The third-order valence-electron chi connectivity index (χ3n) is 2.65. The number of carbonyl (C=O) groups is 1. The zero-order valence-corrected chi connectivity index (χ0v) is 12.6. The van der Waals surface area contributed by atoms with Crippen LogP contribution in [-0.2, 0) is 6.61 Å². The number of nitrogens with two attached hydrogens (primary N) is 1. The normalized spacial score (nSPS) is 10.2. The Hall–Kier alpha value is -1.67. The average molecular weight is 386 g/mol. The number of hydrogen-bond donors (Lipinski definition) is 2. The molecule has 0 aromatic heterocycles. The molecule has 0 heterocycles. The highest BCUT2D eigenvalue weighted by Crippen LogP contribution is 2.17. The lowest BCUT2D eigenvalue weighted by Crippen LogP contribution is -2.30. The lowest BCUT2D eigenvalue weighted by Gasteiger charge is -2.09. The van der Waals surface area contributed by atoms with E-state index in [-0.39, 0.29) is 12.2 Å². The van der Waals surface area contributed by atoms with E-state index in [4.69, 9.17) is 10.6 Å². The van der Waals surface area contributed by atoms with E-state index in [1.807, 2.05) is 17.6 Å². The minimum absolute atomic E-state index is 0.0398. The van der Waals surface area contributed by atoms with Crippen LogP contribution in [0, 0.1) is 9.39 Å². The van der Waals surface area contributed by atoms with Crippen LogP contribution in [-0.4, -0.2) is 5.91 Å². The molecule has 0 unspecified atom stereocenters. The SMILES string of the molecule is NNC(=O)c1ccc(F)c(COc2ccc(I)cc2)c1. The van der Waals surface area contributed by atoms with Crippen molar-refractivity contribution >= 4 is 28.5 Å². The van der Waals surface area contributed by atoms with Crippen LogP contribution < -0.4 is 16.0 Å². The summed E-state index contributed by atoms with van der Waals surface area (Å²) in [7, 11) is 0. The molecule has 1 amide bonds. The van der Waals surface area contributed by atoms with Gasteiger partial charge in [0.15, 0.2) is 0 Å². The van der Waals surface area contributed by atoms with Gasteiger partial charge >= 0.3 is 0 Å². The van der Waals surface area contributed by atoms with Crippen LogP contribution in [0.2, 0.25) is 0 Å². The standard InChI is InChI=1S/C14H12FIN2O2/c15-13-6-1-9(14(19)18-17)7-10(13)8-20-12-4-2-11(16)3-5-12/h1-7H,8,17H2,(H,18,19). The van der Waals surface area contributed by atoms with E-state index in [0.717, 1.165) is 3.57 Å². The Morgan fingerprint density at radius 3 is 2.60 bits per heavy atom. The van der Waals surface area contributed by atoms with Crippen molar-refractivity contribution in [1.29, 1.82) is 0 Å². The molecule has 0 saturated heterocycles. The summed E-state index contributed by atoms with van der Waals surface area (Å²) >= 11 is 2.19. The highest BCUT2D eigenvalue weighted by atomic mass is 127. The van der Waals surface area contributed by atoms with Crippen molar-refractivity contribution in [1.82, 2.24) is 5.43 Å². The van der Waals surface area contributed by atoms with Crippen LogP contribution in [0.5, 0.6) is 5.75 Å². The van der Waals surface area contributed by atoms with Gasteiger partial charge in [-0.05, 0) is 65.1 Å². The predicted octanol–water partition coefficient (Wildman–Crippen LogP) is 2.61. The van der Waals surface area contributed by atoms with Gasteiger partial charge in [-0.2, -0.15) is 0 Å². The molecule has 0 saturated carbocycles. The van der Waals surface area contributed by atoms with Crippen molar-refractivity contribution in [2.45, 2.75) is 6.61 Å². The van der Waals surface area contributed by atoms with Crippen molar-refractivity contribution in [3.8, 4) is 5.75 Å². The van der Waals surface area contributed by atoms with Crippen LogP contribution >= 0.6 is 22.6 Å². The highest BCUT2D eigenvalue weighted by Gasteiger charge is 2.09. The second-order valence-corrected chi connectivity index (χ2v) is 5.27. The molecule has 0 aliphatic heterocycles. The number of halogens is 2. The largest absolute Gasteiger partial charge is 0.489 e. The molecule has 0 fully saturated rings. The van der Waals surface area contributed by atoms with Crippen molar-refractivity contribution in [3.05, 3.63) is 63.0 Å². The summed E-state index contributed by atoms with van der Waals surface area (Å²) in [6.45, 7) is 0.0398. The number of hydrogen-bond acceptors (Lipinski definition) is 3. The third-order valence-corrected chi connectivity index (χ3v) is 3.37. The number of rotatable bonds is 4. The maximum absolute atomic E-state index is 13.7. The number of ether oxygens (including phenoxy) is 1. The quantitative estimate of drug-likeness (QED) is 0.368. The summed E-state index contributed by atoms with van der Waals surface area (Å²) in [6, 6.07) is 11.4. The molecule has 2 rings (SSSR count). The van der Waals surface area contributed by atoms with Gasteiger partial charge in [-0.1, -0.05) is 0 Å². The van der Waals surface area contributed by atoms with Crippen molar-refractivity contribution in [2.75, 3.05) is 0 Å². The first-order valence-electron chi connectivity index (χ1n) is 5.78. The van der Waals surface area contributed by atoms with E-state index in [0.29, 0.717) is 11.3 Å². The van der Waals surface area contributed by atoms with E-state index in [2.05, 4.69) is 22.6 Å². The first kappa shape index (κ1) is 14.7. The molecule has 0 aliphatic rings. The Bertz CT molecular complexity index is 617. The monoisotopic (exact) mass is 386 g/mol. The van der Waals surface area contributed by atoms with Crippen molar-refractivity contribution in [2.24, 2.45) is 5.84 Å². The topological polar surface area (TPSA) is 64.3 Å². The molecule has 6 heteroatoms. The van der Waals surface area contributed by atoms with Gasteiger partial charge in [0, 0.05) is 14.7 Å². The summed E-state index contributed by atoms with van der Waals surface area (Å²) in [5.74, 6) is 4.79. The predicted molar refractivity (Wildman–Crippen MR) is 81.5 cm³/mol. The smallest absolute Gasteiger partial charge is 0.265 e. The minimum atomic E-state index is -0.472. The van der Waals surface area contributed by atoms with E-state index in [1.54, 1.807) is 12.1 Å². The maximum atomic E-state index is 13.7. The summed E-state index contributed by atoms with van der Waals surface area (Å²) in [5.41, 5.74) is 2.59.